The Balaban J connectivity index is 1.56. The van der Waals surface area contributed by atoms with Crippen molar-refractivity contribution < 1.29 is 18.0 Å². The molecule has 0 atom stereocenters. The van der Waals surface area contributed by atoms with E-state index in [9.17, 15) is 18.0 Å². The summed E-state index contributed by atoms with van der Waals surface area (Å²) < 4.78 is 42.4. The van der Waals surface area contributed by atoms with E-state index in [0.717, 1.165) is 22.3 Å². The Morgan fingerprint density at radius 3 is 2.71 bits per heavy atom. The number of nitrogens with zero attached hydrogens (tertiary/aromatic N) is 4. The molecule has 28 heavy (non-hydrogen) atoms. The maximum absolute atomic E-state index is 12.8. The molecule has 0 saturated heterocycles. The molecule has 0 spiro atoms. The van der Waals surface area contributed by atoms with Crippen molar-refractivity contribution in [2.24, 2.45) is 0 Å². The summed E-state index contributed by atoms with van der Waals surface area (Å²) in [4.78, 5) is 12.1. The van der Waals surface area contributed by atoms with E-state index in [2.05, 4.69) is 31.4 Å². The lowest BCUT2D eigenvalue weighted by Crippen LogP contribution is -2.14. The van der Waals surface area contributed by atoms with Gasteiger partial charge in [-0.3, -0.25) is 14.2 Å². The van der Waals surface area contributed by atoms with Crippen molar-refractivity contribution in [2.75, 3.05) is 5.32 Å². The second-order valence-corrected chi connectivity index (χ2v) is 7.10. The molecule has 0 fully saturated rings. The number of carbonyl (C=O) groups excluding carboxylic acids is 1. The number of carbonyl (C=O) groups is 1. The van der Waals surface area contributed by atoms with Gasteiger partial charge in [-0.25, -0.2) is 0 Å². The van der Waals surface area contributed by atoms with Crippen LogP contribution in [0.1, 0.15) is 23.2 Å². The largest absolute Gasteiger partial charge is 0.416 e. The summed E-state index contributed by atoms with van der Waals surface area (Å²) in [7, 11) is 0. The Bertz CT molecular complexity index is 960. The van der Waals surface area contributed by atoms with Crippen molar-refractivity contribution in [3.63, 3.8) is 0 Å². The molecule has 1 aromatic carbocycles. The van der Waals surface area contributed by atoms with E-state index in [1.165, 1.54) is 16.9 Å². The summed E-state index contributed by atoms with van der Waals surface area (Å²) in [5.41, 5.74) is 1.09. The van der Waals surface area contributed by atoms with Gasteiger partial charge in [0.05, 0.1) is 34.2 Å². The van der Waals surface area contributed by atoms with Gasteiger partial charge in [0.15, 0.2) is 0 Å². The number of amides is 1. The van der Waals surface area contributed by atoms with Gasteiger partial charge in [0.2, 0.25) is 5.91 Å². The average molecular weight is 456 g/mol. The fourth-order valence-corrected chi connectivity index (χ4v) is 2.91. The number of benzene rings is 1. The van der Waals surface area contributed by atoms with Gasteiger partial charge in [-0.15, -0.1) is 0 Å². The third-order valence-corrected chi connectivity index (χ3v) is 4.75. The molecule has 0 unspecified atom stereocenters. The number of aryl methyl sites for hydroxylation is 2. The zero-order valence-electron chi connectivity index (χ0n) is 14.9. The summed E-state index contributed by atoms with van der Waals surface area (Å²) in [6.07, 6.45) is 0.678. The van der Waals surface area contributed by atoms with E-state index >= 15 is 0 Å². The molecule has 0 bridgehead atoms. The molecule has 3 rings (SSSR count). The van der Waals surface area contributed by atoms with Crippen LogP contribution in [0.25, 0.3) is 0 Å². The highest BCUT2D eigenvalue weighted by atomic mass is 79.9. The van der Waals surface area contributed by atoms with Crippen LogP contribution in [0.3, 0.4) is 0 Å². The maximum Gasteiger partial charge on any atom is 0.416 e. The van der Waals surface area contributed by atoms with Gasteiger partial charge in [-0.05, 0) is 40.5 Å². The lowest BCUT2D eigenvalue weighted by molar-refractivity contribution is -0.137. The Labute approximate surface area is 167 Å². The first-order valence-electron chi connectivity index (χ1n) is 8.39. The minimum Gasteiger partial charge on any atom is -0.323 e. The van der Waals surface area contributed by atoms with E-state index in [1.54, 1.807) is 23.1 Å². The summed E-state index contributed by atoms with van der Waals surface area (Å²) in [5, 5.41) is 11.1. The second kappa shape index (κ2) is 8.17. The zero-order chi connectivity index (χ0) is 20.3. The maximum atomic E-state index is 12.8. The van der Waals surface area contributed by atoms with E-state index in [-0.39, 0.29) is 18.9 Å². The fraction of sp³-hybridized carbons (Fsp3) is 0.278. The summed E-state index contributed by atoms with van der Waals surface area (Å²) >= 11 is 3.36. The standard InChI is InChI=1S/C18H17BrF3N5O/c1-12-16(19)11-26(25-12)6-5-17(28)24-15-8-23-27(10-15)9-13-3-2-4-14(7-13)18(20,21)22/h2-4,7-8,10-11H,5-6,9H2,1H3,(H,24,28). The van der Waals surface area contributed by atoms with Crippen molar-refractivity contribution in [1.82, 2.24) is 19.6 Å². The second-order valence-electron chi connectivity index (χ2n) is 6.25. The van der Waals surface area contributed by atoms with Crippen LogP contribution in [-0.4, -0.2) is 25.5 Å². The molecule has 148 valence electrons. The number of anilines is 1. The van der Waals surface area contributed by atoms with E-state index < -0.39 is 11.7 Å². The number of hydrogen-bond donors (Lipinski definition) is 1. The molecule has 1 N–H and O–H groups in total. The number of halogens is 4. The molecule has 0 aliphatic heterocycles. The van der Waals surface area contributed by atoms with Gasteiger partial charge in [-0.1, -0.05) is 12.1 Å². The topological polar surface area (TPSA) is 64.7 Å². The number of nitrogens with one attached hydrogen (secondary N) is 1. The van der Waals surface area contributed by atoms with Crippen molar-refractivity contribution in [1.29, 1.82) is 0 Å². The minimum absolute atomic E-state index is 0.167. The Kier molecular flexibility index (Phi) is 5.87. The van der Waals surface area contributed by atoms with Crippen LogP contribution in [0.4, 0.5) is 18.9 Å². The summed E-state index contributed by atoms with van der Waals surface area (Å²) in [5.74, 6) is -0.206. The Morgan fingerprint density at radius 1 is 1.25 bits per heavy atom. The van der Waals surface area contributed by atoms with Crippen LogP contribution in [-0.2, 0) is 24.1 Å². The molecule has 0 radical (unpaired) electrons. The van der Waals surface area contributed by atoms with Crippen LogP contribution in [0.5, 0.6) is 0 Å². The molecule has 0 aliphatic carbocycles. The molecule has 1 amide bonds. The molecule has 3 aromatic rings. The van der Waals surface area contributed by atoms with Crippen molar-refractivity contribution in [3.05, 3.63) is 64.1 Å². The minimum atomic E-state index is -4.39. The van der Waals surface area contributed by atoms with Crippen LogP contribution in [0.15, 0.2) is 47.3 Å². The van der Waals surface area contributed by atoms with Crippen LogP contribution in [0.2, 0.25) is 0 Å². The third-order valence-electron chi connectivity index (χ3n) is 3.97. The van der Waals surface area contributed by atoms with Crippen molar-refractivity contribution in [3.8, 4) is 0 Å². The van der Waals surface area contributed by atoms with E-state index in [4.69, 9.17) is 0 Å². The Morgan fingerprint density at radius 2 is 2.04 bits per heavy atom. The fourth-order valence-electron chi connectivity index (χ4n) is 2.60. The zero-order valence-corrected chi connectivity index (χ0v) is 16.5. The highest BCUT2D eigenvalue weighted by Crippen LogP contribution is 2.29. The number of aromatic nitrogens is 4. The monoisotopic (exact) mass is 455 g/mol. The predicted octanol–water partition coefficient (Wildman–Crippen LogP) is 4.25. The first-order valence-corrected chi connectivity index (χ1v) is 9.18. The predicted molar refractivity (Wildman–Crippen MR) is 101 cm³/mol. The van der Waals surface area contributed by atoms with Crippen molar-refractivity contribution in [2.45, 2.75) is 32.6 Å². The highest BCUT2D eigenvalue weighted by Gasteiger charge is 2.30. The van der Waals surface area contributed by atoms with E-state index in [0.29, 0.717) is 17.8 Å². The molecule has 0 saturated carbocycles. The van der Waals surface area contributed by atoms with E-state index in [1.807, 2.05) is 6.92 Å². The molecular weight excluding hydrogens is 439 g/mol. The molecule has 2 aromatic heterocycles. The van der Waals surface area contributed by atoms with Crippen LogP contribution < -0.4 is 5.32 Å². The van der Waals surface area contributed by atoms with Gasteiger partial charge in [0.1, 0.15) is 0 Å². The SMILES string of the molecule is Cc1nn(CCC(=O)Nc2cnn(Cc3cccc(C(F)(F)F)c3)c2)cc1Br. The molecule has 0 aliphatic rings. The smallest absolute Gasteiger partial charge is 0.323 e. The van der Waals surface area contributed by atoms with Gasteiger partial charge < -0.3 is 5.32 Å². The highest BCUT2D eigenvalue weighted by molar-refractivity contribution is 9.10. The van der Waals surface area contributed by atoms with Gasteiger partial charge in [-0.2, -0.15) is 23.4 Å². The average Bonchev–Trinajstić information content (AvgIpc) is 3.19. The summed E-state index contributed by atoms with van der Waals surface area (Å²) in [6.45, 7) is 2.45. The molecular formula is C18H17BrF3N5O. The number of hydrogen-bond acceptors (Lipinski definition) is 3. The molecule has 10 heteroatoms. The quantitative estimate of drug-likeness (QED) is 0.604. The normalized spacial score (nSPS) is 11.6. The first-order chi connectivity index (χ1) is 13.2. The lowest BCUT2D eigenvalue weighted by Gasteiger charge is -2.08. The number of rotatable bonds is 6. The third kappa shape index (κ3) is 5.22. The van der Waals surface area contributed by atoms with Crippen LogP contribution in [0, 0.1) is 6.92 Å². The van der Waals surface area contributed by atoms with Crippen molar-refractivity contribution >= 4 is 27.5 Å². The lowest BCUT2D eigenvalue weighted by atomic mass is 10.1. The number of alkyl halides is 3. The summed E-state index contributed by atoms with van der Waals surface area (Å²) in [6, 6.07) is 5.07. The Hall–Kier alpha value is -2.62. The first kappa shape index (κ1) is 20.1. The van der Waals surface area contributed by atoms with Gasteiger partial charge in [0, 0.05) is 25.4 Å². The van der Waals surface area contributed by atoms with Crippen LogP contribution >= 0.6 is 15.9 Å². The molecule has 6 nitrogen and oxygen atoms in total. The molecule has 2 heterocycles. The van der Waals surface area contributed by atoms with Gasteiger partial charge in [0.25, 0.3) is 0 Å². The van der Waals surface area contributed by atoms with Gasteiger partial charge >= 0.3 is 6.18 Å².